The van der Waals surface area contributed by atoms with Gasteiger partial charge in [-0.2, -0.15) is 0 Å². The van der Waals surface area contributed by atoms with Gasteiger partial charge in [0.1, 0.15) is 11.9 Å². The molecule has 4 heteroatoms. The monoisotopic (exact) mass is 235 g/mol. The normalized spacial score (nSPS) is 25.5. The molecule has 1 aromatic rings. The number of likely N-dealkylation sites (N-methyl/N-ethyl adjacent to an activating group) is 1. The Morgan fingerprint density at radius 1 is 1.41 bits per heavy atom. The maximum absolute atomic E-state index is 11.2. The minimum absolute atomic E-state index is 0.270. The average molecular weight is 235 g/mol. The van der Waals surface area contributed by atoms with E-state index in [0.29, 0.717) is 13.0 Å². The van der Waals surface area contributed by atoms with E-state index >= 15 is 0 Å². The zero-order valence-corrected chi connectivity index (χ0v) is 9.87. The Morgan fingerprint density at radius 2 is 2.12 bits per heavy atom. The third-order valence-electron chi connectivity index (χ3n) is 3.11. The summed E-state index contributed by atoms with van der Waals surface area (Å²) in [7, 11) is 1.99. The minimum atomic E-state index is -0.765. The summed E-state index contributed by atoms with van der Waals surface area (Å²) in [5.41, 5.74) is 0. The number of carboxylic acids is 1. The summed E-state index contributed by atoms with van der Waals surface area (Å²) in [4.78, 5) is 13.3. The summed E-state index contributed by atoms with van der Waals surface area (Å²) in [5.74, 6) is -0.440. The van der Waals surface area contributed by atoms with E-state index in [1.165, 1.54) is 0 Å². The molecule has 2 rings (SSSR count). The van der Waals surface area contributed by atoms with Crippen molar-refractivity contribution in [1.29, 1.82) is 0 Å². The number of benzene rings is 1. The molecule has 0 amide bonds. The maximum atomic E-state index is 11.2. The molecule has 17 heavy (non-hydrogen) atoms. The minimum Gasteiger partial charge on any atom is -0.488 e. The van der Waals surface area contributed by atoms with E-state index < -0.39 is 11.9 Å². The third kappa shape index (κ3) is 2.97. The first kappa shape index (κ1) is 11.9. The van der Waals surface area contributed by atoms with Crippen molar-refractivity contribution in [3.8, 4) is 5.75 Å². The SMILES string of the molecule is CN1CC[C@H](C(=O)O)[C@H](Oc2ccccc2)C1. The molecule has 1 aliphatic heterocycles. The first-order valence-corrected chi connectivity index (χ1v) is 5.80. The lowest BCUT2D eigenvalue weighted by molar-refractivity contribution is -0.147. The predicted octanol–water partition coefficient (Wildman–Crippen LogP) is 1.47. The van der Waals surface area contributed by atoms with Crippen LogP contribution in [-0.4, -0.2) is 42.2 Å². The summed E-state index contributed by atoms with van der Waals surface area (Å²) in [6, 6.07) is 9.39. The number of nitrogens with zero attached hydrogens (tertiary/aromatic N) is 1. The molecule has 0 radical (unpaired) electrons. The molecule has 1 aliphatic rings. The zero-order valence-electron chi connectivity index (χ0n) is 9.87. The van der Waals surface area contributed by atoms with Crippen LogP contribution in [0.4, 0.5) is 0 Å². The molecule has 2 atom stereocenters. The summed E-state index contributed by atoms with van der Waals surface area (Å²) in [6.45, 7) is 1.47. The molecule has 1 aromatic carbocycles. The van der Waals surface area contributed by atoms with Crippen molar-refractivity contribution in [2.75, 3.05) is 20.1 Å². The first-order valence-electron chi connectivity index (χ1n) is 5.80. The Labute approximate surface area is 101 Å². The van der Waals surface area contributed by atoms with E-state index in [1.54, 1.807) is 0 Å². The number of hydrogen-bond acceptors (Lipinski definition) is 3. The van der Waals surface area contributed by atoms with Gasteiger partial charge < -0.3 is 14.7 Å². The molecule has 0 saturated carbocycles. The Hall–Kier alpha value is -1.55. The third-order valence-corrected chi connectivity index (χ3v) is 3.11. The van der Waals surface area contributed by atoms with Crippen molar-refractivity contribution in [2.45, 2.75) is 12.5 Å². The van der Waals surface area contributed by atoms with Gasteiger partial charge in [-0.05, 0) is 32.1 Å². The van der Waals surface area contributed by atoms with Crippen molar-refractivity contribution < 1.29 is 14.6 Å². The van der Waals surface area contributed by atoms with Crippen LogP contribution in [-0.2, 0) is 4.79 Å². The molecule has 0 aromatic heterocycles. The number of piperidine rings is 1. The van der Waals surface area contributed by atoms with Crippen molar-refractivity contribution in [3.05, 3.63) is 30.3 Å². The second-order valence-electron chi connectivity index (χ2n) is 4.47. The van der Waals surface area contributed by atoms with Crippen LogP contribution in [0, 0.1) is 5.92 Å². The Balaban J connectivity index is 2.08. The number of aliphatic carboxylic acids is 1. The number of carbonyl (C=O) groups is 1. The summed E-state index contributed by atoms with van der Waals surface area (Å²) < 4.78 is 5.78. The number of likely N-dealkylation sites (tertiary alicyclic amines) is 1. The van der Waals surface area contributed by atoms with E-state index in [0.717, 1.165) is 12.3 Å². The molecule has 4 nitrogen and oxygen atoms in total. The lowest BCUT2D eigenvalue weighted by Gasteiger charge is -2.34. The van der Waals surface area contributed by atoms with Gasteiger partial charge in [-0.3, -0.25) is 4.79 Å². The topological polar surface area (TPSA) is 49.8 Å². The highest BCUT2D eigenvalue weighted by molar-refractivity contribution is 5.71. The Morgan fingerprint density at radius 3 is 2.76 bits per heavy atom. The smallest absolute Gasteiger partial charge is 0.310 e. The van der Waals surface area contributed by atoms with E-state index in [4.69, 9.17) is 4.74 Å². The summed E-state index contributed by atoms with van der Waals surface area (Å²) in [5, 5.41) is 9.17. The molecule has 0 unspecified atom stereocenters. The first-order chi connectivity index (χ1) is 8.16. The van der Waals surface area contributed by atoms with Crippen LogP contribution in [0.1, 0.15) is 6.42 Å². The number of ether oxygens (including phenoxy) is 1. The van der Waals surface area contributed by atoms with Gasteiger partial charge in [-0.25, -0.2) is 0 Å². The molecular formula is C13H17NO3. The van der Waals surface area contributed by atoms with Crippen molar-refractivity contribution in [3.63, 3.8) is 0 Å². The van der Waals surface area contributed by atoms with Gasteiger partial charge in [0.05, 0.1) is 5.92 Å². The van der Waals surface area contributed by atoms with Crippen LogP contribution in [0.3, 0.4) is 0 Å². The lowest BCUT2D eigenvalue weighted by atomic mass is 9.94. The van der Waals surface area contributed by atoms with Crippen LogP contribution in [0.25, 0.3) is 0 Å². The highest BCUT2D eigenvalue weighted by Crippen LogP contribution is 2.22. The fourth-order valence-corrected chi connectivity index (χ4v) is 2.15. The Kier molecular flexibility index (Phi) is 3.64. The zero-order chi connectivity index (χ0) is 12.3. The van der Waals surface area contributed by atoms with Gasteiger partial charge in [0.15, 0.2) is 0 Å². The van der Waals surface area contributed by atoms with Crippen molar-refractivity contribution in [1.82, 2.24) is 4.90 Å². The lowest BCUT2D eigenvalue weighted by Crippen LogP contribution is -2.47. The maximum Gasteiger partial charge on any atom is 0.310 e. The van der Waals surface area contributed by atoms with Crippen LogP contribution in [0.15, 0.2) is 30.3 Å². The number of hydrogen-bond donors (Lipinski definition) is 1. The molecule has 0 spiro atoms. The van der Waals surface area contributed by atoms with Gasteiger partial charge in [0.25, 0.3) is 0 Å². The number of rotatable bonds is 3. The quantitative estimate of drug-likeness (QED) is 0.862. The van der Waals surface area contributed by atoms with Gasteiger partial charge in [0, 0.05) is 6.54 Å². The standard InChI is InChI=1S/C13H17NO3/c1-14-8-7-11(13(15)16)12(9-14)17-10-5-3-2-4-6-10/h2-6,11-12H,7-9H2,1H3,(H,15,16)/t11-,12+/m0/s1. The molecule has 1 heterocycles. The second-order valence-corrected chi connectivity index (χ2v) is 4.47. The predicted molar refractivity (Wildman–Crippen MR) is 64.1 cm³/mol. The summed E-state index contributed by atoms with van der Waals surface area (Å²) >= 11 is 0. The van der Waals surface area contributed by atoms with Gasteiger partial charge in [-0.1, -0.05) is 18.2 Å². The molecular weight excluding hydrogens is 218 g/mol. The fraction of sp³-hybridized carbons (Fsp3) is 0.462. The van der Waals surface area contributed by atoms with Crippen molar-refractivity contribution in [2.24, 2.45) is 5.92 Å². The molecule has 0 bridgehead atoms. The molecule has 1 N–H and O–H groups in total. The van der Waals surface area contributed by atoms with E-state index in [1.807, 2.05) is 37.4 Å². The summed E-state index contributed by atoms with van der Waals surface area (Å²) in [6.07, 6.45) is 0.372. The van der Waals surface area contributed by atoms with Gasteiger partial charge >= 0.3 is 5.97 Å². The molecule has 1 saturated heterocycles. The fourth-order valence-electron chi connectivity index (χ4n) is 2.15. The number of carboxylic acid groups (broad SMARTS) is 1. The highest BCUT2D eigenvalue weighted by atomic mass is 16.5. The molecule has 1 fully saturated rings. The van der Waals surface area contributed by atoms with E-state index in [9.17, 15) is 9.90 Å². The average Bonchev–Trinajstić information content (AvgIpc) is 2.30. The van der Waals surface area contributed by atoms with Crippen LogP contribution in [0.2, 0.25) is 0 Å². The number of para-hydroxylation sites is 1. The van der Waals surface area contributed by atoms with Gasteiger partial charge in [-0.15, -0.1) is 0 Å². The largest absolute Gasteiger partial charge is 0.488 e. The molecule has 92 valence electrons. The van der Waals surface area contributed by atoms with Crippen LogP contribution in [0.5, 0.6) is 5.75 Å². The second kappa shape index (κ2) is 5.19. The molecule has 0 aliphatic carbocycles. The van der Waals surface area contributed by atoms with Crippen molar-refractivity contribution >= 4 is 5.97 Å². The highest BCUT2D eigenvalue weighted by Gasteiger charge is 2.34. The van der Waals surface area contributed by atoms with Gasteiger partial charge in [0.2, 0.25) is 0 Å². The van der Waals surface area contributed by atoms with E-state index in [-0.39, 0.29) is 6.10 Å². The van der Waals surface area contributed by atoms with E-state index in [2.05, 4.69) is 4.90 Å². The van der Waals surface area contributed by atoms with Crippen LogP contribution < -0.4 is 4.74 Å². The van der Waals surface area contributed by atoms with Crippen LogP contribution >= 0.6 is 0 Å². The Bertz CT molecular complexity index is 380.